The van der Waals surface area contributed by atoms with E-state index in [0.29, 0.717) is 25.9 Å². The number of piperidine rings is 1. The van der Waals surface area contributed by atoms with E-state index in [9.17, 15) is 18.8 Å². The number of amides is 2. The molecule has 0 radical (unpaired) electrons. The molecule has 8 heteroatoms. The van der Waals surface area contributed by atoms with Crippen LogP contribution in [0.25, 0.3) is 0 Å². The standard InChI is InChI=1S/C19H18FN3O4/c20-15-4-2-1-3-14(15)18(25)23-9-7-13(8-10-23)22-17(24)12-5-6-16(19(26)27)21-11-12/h1-6,11,13H,7-10H2,(H,22,24)(H,26,27). The van der Waals surface area contributed by atoms with Crippen molar-refractivity contribution in [3.05, 3.63) is 65.2 Å². The summed E-state index contributed by atoms with van der Waals surface area (Å²) in [5, 5.41) is 11.7. The summed E-state index contributed by atoms with van der Waals surface area (Å²) in [7, 11) is 0. The number of hydrogen-bond acceptors (Lipinski definition) is 4. The second-order valence-corrected chi connectivity index (χ2v) is 6.26. The fourth-order valence-electron chi connectivity index (χ4n) is 2.96. The van der Waals surface area contributed by atoms with E-state index < -0.39 is 11.8 Å². The number of hydrogen-bond donors (Lipinski definition) is 2. The first-order valence-corrected chi connectivity index (χ1v) is 8.49. The number of carboxylic acid groups (broad SMARTS) is 1. The van der Waals surface area contributed by atoms with Gasteiger partial charge >= 0.3 is 5.97 Å². The van der Waals surface area contributed by atoms with Crippen LogP contribution in [-0.2, 0) is 0 Å². The van der Waals surface area contributed by atoms with Crippen molar-refractivity contribution >= 4 is 17.8 Å². The van der Waals surface area contributed by atoms with Gasteiger partial charge in [0.15, 0.2) is 0 Å². The molecule has 3 rings (SSSR count). The summed E-state index contributed by atoms with van der Waals surface area (Å²) in [6.45, 7) is 0.822. The van der Waals surface area contributed by atoms with Crippen molar-refractivity contribution in [1.29, 1.82) is 0 Å². The molecule has 0 bridgehead atoms. The Morgan fingerprint density at radius 1 is 1.11 bits per heavy atom. The van der Waals surface area contributed by atoms with Crippen molar-refractivity contribution in [3.63, 3.8) is 0 Å². The Hall–Kier alpha value is -3.29. The lowest BCUT2D eigenvalue weighted by Crippen LogP contribution is -2.46. The van der Waals surface area contributed by atoms with Crippen molar-refractivity contribution in [3.8, 4) is 0 Å². The molecule has 2 heterocycles. The average molecular weight is 371 g/mol. The highest BCUT2D eigenvalue weighted by molar-refractivity contribution is 5.95. The van der Waals surface area contributed by atoms with E-state index in [2.05, 4.69) is 10.3 Å². The molecule has 1 aliphatic heterocycles. The van der Waals surface area contributed by atoms with Gasteiger partial charge in [0.2, 0.25) is 0 Å². The Balaban J connectivity index is 1.55. The number of nitrogens with zero attached hydrogens (tertiary/aromatic N) is 2. The van der Waals surface area contributed by atoms with Gasteiger partial charge in [0, 0.05) is 25.3 Å². The molecule has 0 spiro atoms. The topological polar surface area (TPSA) is 99.6 Å². The minimum Gasteiger partial charge on any atom is -0.477 e. The maximum absolute atomic E-state index is 13.8. The van der Waals surface area contributed by atoms with Crippen molar-refractivity contribution in [2.24, 2.45) is 0 Å². The van der Waals surface area contributed by atoms with Crippen molar-refractivity contribution in [2.45, 2.75) is 18.9 Å². The van der Waals surface area contributed by atoms with Crippen molar-refractivity contribution in [1.82, 2.24) is 15.2 Å². The van der Waals surface area contributed by atoms with E-state index in [4.69, 9.17) is 5.11 Å². The molecule has 2 N–H and O–H groups in total. The normalized spacial score (nSPS) is 14.6. The molecule has 1 aliphatic rings. The van der Waals surface area contributed by atoms with Crippen LogP contribution < -0.4 is 5.32 Å². The smallest absolute Gasteiger partial charge is 0.354 e. The summed E-state index contributed by atoms with van der Waals surface area (Å²) in [6.07, 6.45) is 2.31. The van der Waals surface area contributed by atoms with Gasteiger partial charge < -0.3 is 15.3 Å². The average Bonchev–Trinajstić information content (AvgIpc) is 2.68. The largest absolute Gasteiger partial charge is 0.477 e. The summed E-state index contributed by atoms with van der Waals surface area (Å²) < 4.78 is 13.8. The van der Waals surface area contributed by atoms with Crippen LogP contribution in [0.1, 0.15) is 44.0 Å². The lowest BCUT2D eigenvalue weighted by Gasteiger charge is -2.32. The molecule has 2 amide bonds. The molecular formula is C19H18FN3O4. The Morgan fingerprint density at radius 2 is 1.81 bits per heavy atom. The van der Waals surface area contributed by atoms with Gasteiger partial charge in [-0.3, -0.25) is 9.59 Å². The number of rotatable bonds is 4. The second-order valence-electron chi connectivity index (χ2n) is 6.26. The van der Waals surface area contributed by atoms with E-state index in [1.807, 2.05) is 0 Å². The van der Waals surface area contributed by atoms with Crippen LogP contribution in [0.3, 0.4) is 0 Å². The van der Waals surface area contributed by atoms with E-state index >= 15 is 0 Å². The molecule has 140 valence electrons. The molecule has 7 nitrogen and oxygen atoms in total. The second kappa shape index (κ2) is 7.94. The summed E-state index contributed by atoms with van der Waals surface area (Å²) in [5.41, 5.74) is 0.181. The number of nitrogens with one attached hydrogen (secondary N) is 1. The third-order valence-electron chi connectivity index (χ3n) is 4.47. The van der Waals surface area contributed by atoms with Gasteiger partial charge in [-0.2, -0.15) is 0 Å². The van der Waals surface area contributed by atoms with E-state index in [1.54, 1.807) is 11.0 Å². The van der Waals surface area contributed by atoms with Gasteiger partial charge in [0.05, 0.1) is 11.1 Å². The zero-order valence-corrected chi connectivity index (χ0v) is 14.4. The number of carbonyl (C=O) groups excluding carboxylic acids is 2. The monoisotopic (exact) mass is 371 g/mol. The molecule has 2 aromatic rings. The van der Waals surface area contributed by atoms with Crippen molar-refractivity contribution in [2.75, 3.05) is 13.1 Å². The van der Waals surface area contributed by atoms with Gasteiger partial charge in [0.1, 0.15) is 11.5 Å². The maximum atomic E-state index is 13.8. The van der Waals surface area contributed by atoms with Crippen LogP contribution in [0.5, 0.6) is 0 Å². The number of carboxylic acids is 1. The summed E-state index contributed by atoms with van der Waals surface area (Å²) in [6, 6.07) is 8.42. The number of halogens is 1. The van der Waals surface area contributed by atoms with Crippen LogP contribution in [-0.4, -0.2) is 51.9 Å². The predicted octanol–water partition coefficient (Wildman–Crippen LogP) is 1.95. The highest BCUT2D eigenvalue weighted by Crippen LogP contribution is 2.16. The number of aromatic nitrogens is 1. The lowest BCUT2D eigenvalue weighted by molar-refractivity contribution is 0.0679. The van der Waals surface area contributed by atoms with Gasteiger partial charge in [-0.15, -0.1) is 0 Å². The molecule has 1 saturated heterocycles. The summed E-state index contributed by atoms with van der Waals surface area (Å²) in [4.78, 5) is 40.7. The van der Waals surface area contributed by atoms with Gasteiger partial charge in [-0.05, 0) is 37.1 Å². The summed E-state index contributed by atoms with van der Waals surface area (Å²) in [5.74, 6) is -2.41. The van der Waals surface area contributed by atoms with E-state index in [-0.39, 0.29) is 34.7 Å². The van der Waals surface area contributed by atoms with Gasteiger partial charge in [-0.1, -0.05) is 12.1 Å². The minimum absolute atomic E-state index is 0.0459. The number of carbonyl (C=O) groups is 3. The van der Waals surface area contributed by atoms with E-state index in [0.717, 1.165) is 0 Å². The van der Waals surface area contributed by atoms with Crippen LogP contribution in [0.2, 0.25) is 0 Å². The fourth-order valence-corrected chi connectivity index (χ4v) is 2.96. The summed E-state index contributed by atoms with van der Waals surface area (Å²) >= 11 is 0. The van der Waals surface area contributed by atoms with Crippen molar-refractivity contribution < 1.29 is 23.9 Å². The Labute approximate surface area is 154 Å². The van der Waals surface area contributed by atoms with Crippen LogP contribution >= 0.6 is 0 Å². The molecule has 27 heavy (non-hydrogen) atoms. The first-order chi connectivity index (χ1) is 13.0. The molecule has 1 fully saturated rings. The zero-order valence-electron chi connectivity index (χ0n) is 14.4. The molecule has 1 aromatic carbocycles. The number of pyridine rings is 1. The Bertz CT molecular complexity index is 862. The molecular weight excluding hydrogens is 353 g/mol. The zero-order chi connectivity index (χ0) is 19.4. The fraction of sp³-hybridized carbons (Fsp3) is 0.263. The first kappa shape index (κ1) is 18.5. The number of likely N-dealkylation sites (tertiary alicyclic amines) is 1. The third kappa shape index (κ3) is 4.28. The van der Waals surface area contributed by atoms with Crippen LogP contribution in [0.4, 0.5) is 4.39 Å². The Kier molecular flexibility index (Phi) is 5.44. The molecule has 0 atom stereocenters. The lowest BCUT2D eigenvalue weighted by atomic mass is 10.0. The van der Waals surface area contributed by atoms with Gasteiger partial charge in [-0.25, -0.2) is 14.2 Å². The third-order valence-corrected chi connectivity index (χ3v) is 4.47. The minimum atomic E-state index is -1.16. The van der Waals surface area contributed by atoms with Crippen LogP contribution in [0.15, 0.2) is 42.6 Å². The van der Waals surface area contributed by atoms with Gasteiger partial charge in [0.25, 0.3) is 11.8 Å². The molecule has 1 aromatic heterocycles. The first-order valence-electron chi connectivity index (χ1n) is 8.49. The Morgan fingerprint density at radius 3 is 2.41 bits per heavy atom. The highest BCUT2D eigenvalue weighted by Gasteiger charge is 2.26. The van der Waals surface area contributed by atoms with E-state index in [1.165, 1.54) is 36.5 Å². The maximum Gasteiger partial charge on any atom is 0.354 e. The number of aromatic carboxylic acids is 1. The number of benzene rings is 1. The van der Waals surface area contributed by atoms with Crippen LogP contribution in [0, 0.1) is 5.82 Å². The SMILES string of the molecule is O=C(NC1CCN(C(=O)c2ccccc2F)CC1)c1ccc(C(=O)O)nc1. The molecule has 0 aliphatic carbocycles. The molecule has 0 unspecified atom stereocenters. The molecule has 0 saturated carbocycles. The quantitative estimate of drug-likeness (QED) is 0.856. The highest BCUT2D eigenvalue weighted by atomic mass is 19.1. The predicted molar refractivity (Wildman–Crippen MR) is 94.0 cm³/mol.